The lowest BCUT2D eigenvalue weighted by atomic mass is 10.4. The fraction of sp³-hybridized carbons (Fsp3) is 0.250. The second-order valence-corrected chi connectivity index (χ2v) is 5.15. The molecule has 1 N–H and O–H groups in total. The highest BCUT2D eigenvalue weighted by Gasteiger charge is 2.12. The molecule has 0 bridgehead atoms. The lowest BCUT2D eigenvalue weighted by Gasteiger charge is -2.04. The normalized spacial score (nSPS) is 11.3. The first-order chi connectivity index (χ1) is 9.20. The van der Waals surface area contributed by atoms with E-state index in [1.54, 1.807) is 18.7 Å². The van der Waals surface area contributed by atoms with Gasteiger partial charge in [-0.1, -0.05) is 0 Å². The highest BCUT2D eigenvalue weighted by Crippen LogP contribution is 2.30. The molecule has 0 saturated carbocycles. The average molecular weight is 275 g/mol. The fourth-order valence-electron chi connectivity index (χ4n) is 1.87. The lowest BCUT2D eigenvalue weighted by molar-refractivity contribution is 0.271. The van der Waals surface area contributed by atoms with E-state index < -0.39 is 0 Å². The third-order valence-corrected chi connectivity index (χ3v) is 4.06. The highest BCUT2D eigenvalue weighted by molar-refractivity contribution is 7.99. The van der Waals surface area contributed by atoms with Crippen molar-refractivity contribution in [1.82, 2.24) is 24.1 Å². The van der Waals surface area contributed by atoms with Crippen LogP contribution in [0.25, 0.3) is 11.0 Å². The molecule has 3 aromatic rings. The van der Waals surface area contributed by atoms with E-state index in [1.807, 2.05) is 29.3 Å². The van der Waals surface area contributed by atoms with Crippen LogP contribution < -0.4 is 0 Å². The summed E-state index contributed by atoms with van der Waals surface area (Å²) in [5.74, 6) is 0. The first-order valence-electron chi connectivity index (χ1n) is 5.76. The maximum atomic E-state index is 9.17. The van der Waals surface area contributed by atoms with Gasteiger partial charge in [0.05, 0.1) is 30.3 Å². The molecule has 19 heavy (non-hydrogen) atoms. The Balaban J connectivity index is 2.03. The molecule has 0 aliphatic carbocycles. The van der Waals surface area contributed by atoms with Gasteiger partial charge in [0, 0.05) is 20.3 Å². The summed E-state index contributed by atoms with van der Waals surface area (Å²) in [4.78, 5) is 13.0. The molecule has 0 radical (unpaired) electrons. The molecule has 0 spiro atoms. The van der Waals surface area contributed by atoms with Gasteiger partial charge in [0.2, 0.25) is 0 Å². The number of aliphatic hydroxyl groups is 1. The molecule has 0 aliphatic rings. The third kappa shape index (κ3) is 2.00. The van der Waals surface area contributed by atoms with Gasteiger partial charge in [-0.2, -0.15) is 0 Å². The summed E-state index contributed by atoms with van der Waals surface area (Å²) in [5, 5.41) is 10.8. The third-order valence-electron chi connectivity index (χ3n) is 3.00. The maximum absolute atomic E-state index is 9.17. The topological polar surface area (TPSA) is 68.8 Å². The zero-order valence-electron chi connectivity index (χ0n) is 10.6. The number of nitrogens with zero attached hydrogens (tertiary/aromatic N) is 5. The van der Waals surface area contributed by atoms with Gasteiger partial charge in [0.15, 0.2) is 5.16 Å². The Labute approximate surface area is 114 Å². The van der Waals surface area contributed by atoms with Crippen LogP contribution in [0.4, 0.5) is 0 Å². The number of fused-ring (bicyclic) bond motifs is 1. The Morgan fingerprint density at radius 3 is 2.84 bits per heavy atom. The van der Waals surface area contributed by atoms with Gasteiger partial charge in [-0.15, -0.1) is 0 Å². The minimum Gasteiger partial charge on any atom is -0.390 e. The number of hydrogen-bond acceptors (Lipinski definition) is 5. The van der Waals surface area contributed by atoms with Crippen molar-refractivity contribution < 1.29 is 5.11 Å². The van der Waals surface area contributed by atoms with Crippen LogP contribution >= 0.6 is 11.8 Å². The van der Waals surface area contributed by atoms with Crippen LogP contribution in [-0.2, 0) is 20.7 Å². The molecule has 0 aliphatic heterocycles. The quantitative estimate of drug-likeness (QED) is 0.781. The van der Waals surface area contributed by atoms with Crippen molar-refractivity contribution in [2.45, 2.75) is 16.8 Å². The van der Waals surface area contributed by atoms with Gasteiger partial charge in [-0.25, -0.2) is 15.0 Å². The second-order valence-electron chi connectivity index (χ2n) is 4.19. The summed E-state index contributed by atoms with van der Waals surface area (Å²) < 4.78 is 3.81. The summed E-state index contributed by atoms with van der Waals surface area (Å²) in [6.07, 6.45) is 5.21. The predicted molar refractivity (Wildman–Crippen MR) is 71.8 cm³/mol. The zero-order chi connectivity index (χ0) is 13.4. The minimum absolute atomic E-state index is 0.0225. The van der Waals surface area contributed by atoms with E-state index in [1.165, 1.54) is 11.8 Å². The van der Waals surface area contributed by atoms with Crippen molar-refractivity contribution in [2.24, 2.45) is 14.1 Å². The van der Waals surface area contributed by atoms with E-state index in [4.69, 9.17) is 0 Å². The van der Waals surface area contributed by atoms with Crippen LogP contribution in [0.2, 0.25) is 0 Å². The van der Waals surface area contributed by atoms with Crippen molar-refractivity contribution in [2.75, 3.05) is 0 Å². The van der Waals surface area contributed by atoms with Crippen LogP contribution in [0, 0.1) is 0 Å². The van der Waals surface area contributed by atoms with Gasteiger partial charge in [0.25, 0.3) is 0 Å². The molecule has 98 valence electrons. The molecule has 0 aromatic carbocycles. The van der Waals surface area contributed by atoms with E-state index in [9.17, 15) is 5.11 Å². The van der Waals surface area contributed by atoms with Crippen LogP contribution in [0.15, 0.2) is 35.0 Å². The zero-order valence-corrected chi connectivity index (χ0v) is 11.4. The number of aliphatic hydroxyl groups excluding tert-OH is 1. The number of pyridine rings is 1. The monoisotopic (exact) mass is 275 g/mol. The Kier molecular flexibility index (Phi) is 3.00. The van der Waals surface area contributed by atoms with Crippen molar-refractivity contribution in [1.29, 1.82) is 0 Å². The number of aryl methyl sites for hydroxylation is 1. The first kappa shape index (κ1) is 12.2. The maximum Gasteiger partial charge on any atom is 0.174 e. The number of imidazole rings is 2. The first-order valence-corrected chi connectivity index (χ1v) is 6.57. The Bertz CT molecular complexity index is 733. The molecule has 0 atom stereocenters. The molecular formula is C12H13N5OS. The Hall–Kier alpha value is -1.86. The fourth-order valence-corrected chi connectivity index (χ4v) is 2.77. The van der Waals surface area contributed by atoms with Gasteiger partial charge in [-0.3, -0.25) is 0 Å². The summed E-state index contributed by atoms with van der Waals surface area (Å²) in [6, 6.07) is 1.93. The van der Waals surface area contributed by atoms with Crippen molar-refractivity contribution in [3.05, 3.63) is 30.5 Å². The molecule has 0 fully saturated rings. The van der Waals surface area contributed by atoms with Crippen molar-refractivity contribution in [3.8, 4) is 0 Å². The molecule has 7 heteroatoms. The summed E-state index contributed by atoms with van der Waals surface area (Å²) in [5.41, 5.74) is 2.67. The molecule has 3 aromatic heterocycles. The summed E-state index contributed by atoms with van der Waals surface area (Å²) in [6.45, 7) is -0.0225. The van der Waals surface area contributed by atoms with E-state index in [-0.39, 0.29) is 6.61 Å². The van der Waals surface area contributed by atoms with Gasteiger partial charge in [0.1, 0.15) is 10.5 Å². The standard InChI is InChI=1S/C12H13N5OS/c1-16-7-15-10-9(16)3-4-13-11(10)19-12-14-5-8(6-18)17(12)2/h3-5,7,18H,6H2,1-2H3. The molecular weight excluding hydrogens is 262 g/mol. The van der Waals surface area contributed by atoms with E-state index >= 15 is 0 Å². The molecule has 3 heterocycles. The average Bonchev–Trinajstić information content (AvgIpc) is 2.96. The summed E-state index contributed by atoms with van der Waals surface area (Å²) >= 11 is 1.45. The molecule has 3 rings (SSSR count). The van der Waals surface area contributed by atoms with Gasteiger partial charge < -0.3 is 14.2 Å². The number of hydrogen-bond donors (Lipinski definition) is 1. The number of aromatic nitrogens is 5. The smallest absolute Gasteiger partial charge is 0.174 e. The summed E-state index contributed by atoms with van der Waals surface area (Å²) in [7, 11) is 3.83. The largest absolute Gasteiger partial charge is 0.390 e. The van der Waals surface area contributed by atoms with Crippen LogP contribution in [-0.4, -0.2) is 29.2 Å². The van der Waals surface area contributed by atoms with Crippen molar-refractivity contribution in [3.63, 3.8) is 0 Å². The van der Waals surface area contributed by atoms with Crippen LogP contribution in [0.5, 0.6) is 0 Å². The second kappa shape index (κ2) is 4.67. The Morgan fingerprint density at radius 1 is 1.26 bits per heavy atom. The van der Waals surface area contributed by atoms with Gasteiger partial charge >= 0.3 is 0 Å². The Morgan fingerprint density at radius 2 is 2.11 bits per heavy atom. The predicted octanol–water partition coefficient (Wildman–Crippen LogP) is 1.35. The van der Waals surface area contributed by atoms with Crippen LogP contribution in [0.3, 0.4) is 0 Å². The van der Waals surface area contributed by atoms with E-state index in [0.29, 0.717) is 0 Å². The highest BCUT2D eigenvalue weighted by atomic mass is 32.2. The molecule has 0 saturated heterocycles. The van der Waals surface area contributed by atoms with Gasteiger partial charge in [-0.05, 0) is 17.8 Å². The lowest BCUT2D eigenvalue weighted by Crippen LogP contribution is -1.97. The minimum atomic E-state index is -0.0225. The van der Waals surface area contributed by atoms with E-state index in [2.05, 4.69) is 15.0 Å². The SMILES string of the molecule is Cn1c(CO)cnc1Sc1nccc2c1ncn2C. The van der Waals surface area contributed by atoms with E-state index in [0.717, 1.165) is 26.9 Å². The molecule has 0 unspecified atom stereocenters. The molecule has 6 nitrogen and oxygen atoms in total. The number of rotatable bonds is 3. The van der Waals surface area contributed by atoms with Crippen LogP contribution in [0.1, 0.15) is 5.69 Å². The van der Waals surface area contributed by atoms with Crippen molar-refractivity contribution >= 4 is 22.8 Å². The molecule has 0 amide bonds.